The number of para-hydroxylation sites is 2. The summed E-state index contributed by atoms with van der Waals surface area (Å²) in [6, 6.07) is 9.74. The fraction of sp³-hybridized carbons (Fsp3) is 0.125. The van der Waals surface area contributed by atoms with Crippen molar-refractivity contribution in [2.45, 2.75) is 6.92 Å². The number of hydrogen-bond donors (Lipinski definition) is 1. The van der Waals surface area contributed by atoms with E-state index in [4.69, 9.17) is 16.3 Å². The molecule has 0 fully saturated rings. The van der Waals surface area contributed by atoms with Crippen LogP contribution in [0.5, 0.6) is 5.75 Å². The molecular weight excluding hydrogens is 380 g/mol. The third kappa shape index (κ3) is 5.22. The Morgan fingerprint density at radius 1 is 1.15 bits per heavy atom. The molecule has 0 spiro atoms. The van der Waals surface area contributed by atoms with Gasteiger partial charge < -0.3 is 4.74 Å². The zero-order valence-corrected chi connectivity index (χ0v) is 14.7. The number of amides is 1. The Bertz CT molecular complexity index is 931. The molecule has 2 aromatic carbocycles. The molecule has 10 nitrogen and oxygen atoms in total. The first-order valence-electron chi connectivity index (χ1n) is 7.43. The van der Waals surface area contributed by atoms with E-state index in [1.54, 1.807) is 0 Å². The van der Waals surface area contributed by atoms with Gasteiger partial charge in [-0.1, -0.05) is 29.8 Å². The van der Waals surface area contributed by atoms with Crippen LogP contribution in [0, 0.1) is 20.2 Å². The van der Waals surface area contributed by atoms with Crippen LogP contribution in [0.15, 0.2) is 47.6 Å². The van der Waals surface area contributed by atoms with Crippen LogP contribution < -0.4 is 10.2 Å². The van der Waals surface area contributed by atoms with E-state index in [1.165, 1.54) is 49.4 Å². The summed E-state index contributed by atoms with van der Waals surface area (Å²) in [5.41, 5.74) is 2.36. The number of nitro groups is 2. The second-order valence-electron chi connectivity index (χ2n) is 5.17. The molecule has 0 bridgehead atoms. The van der Waals surface area contributed by atoms with Crippen LogP contribution in [-0.4, -0.2) is 28.1 Å². The van der Waals surface area contributed by atoms with Gasteiger partial charge in [0.05, 0.1) is 15.6 Å². The van der Waals surface area contributed by atoms with Crippen LogP contribution in [0.4, 0.5) is 11.4 Å². The lowest BCUT2D eigenvalue weighted by Gasteiger charge is -2.06. The van der Waals surface area contributed by atoms with Gasteiger partial charge in [0.15, 0.2) is 12.4 Å². The SMILES string of the molecule is C/C(=N/NC(=O)COc1ccccc1[N+](=O)[O-])c1ccc(Cl)c([N+](=O)[O-])c1. The summed E-state index contributed by atoms with van der Waals surface area (Å²) in [7, 11) is 0. The van der Waals surface area contributed by atoms with E-state index in [0.29, 0.717) is 11.3 Å². The molecule has 0 heterocycles. The molecule has 0 aliphatic rings. The smallest absolute Gasteiger partial charge is 0.310 e. The lowest BCUT2D eigenvalue weighted by atomic mass is 10.1. The number of hydrogen-bond acceptors (Lipinski definition) is 7. The van der Waals surface area contributed by atoms with Crippen molar-refractivity contribution in [1.82, 2.24) is 5.43 Å². The first-order valence-corrected chi connectivity index (χ1v) is 7.81. The van der Waals surface area contributed by atoms with E-state index in [1.807, 2.05) is 0 Å². The molecular formula is C16H13ClN4O6. The van der Waals surface area contributed by atoms with E-state index in [9.17, 15) is 25.0 Å². The zero-order valence-electron chi connectivity index (χ0n) is 13.9. The predicted molar refractivity (Wildman–Crippen MR) is 97.1 cm³/mol. The molecule has 0 aromatic heterocycles. The van der Waals surface area contributed by atoms with Gasteiger partial charge in [0.25, 0.3) is 11.6 Å². The van der Waals surface area contributed by atoms with Crippen molar-refractivity contribution in [1.29, 1.82) is 0 Å². The number of nitro benzene ring substituents is 2. The molecule has 2 aromatic rings. The minimum Gasteiger partial charge on any atom is -0.477 e. The monoisotopic (exact) mass is 392 g/mol. The quantitative estimate of drug-likeness (QED) is 0.436. The van der Waals surface area contributed by atoms with Gasteiger partial charge in [-0.3, -0.25) is 25.0 Å². The molecule has 0 aliphatic heterocycles. The topological polar surface area (TPSA) is 137 Å². The minimum atomic E-state index is -0.657. The highest BCUT2D eigenvalue weighted by Crippen LogP contribution is 2.26. The van der Waals surface area contributed by atoms with E-state index in [-0.39, 0.29) is 22.1 Å². The lowest BCUT2D eigenvalue weighted by Crippen LogP contribution is -2.25. The average molecular weight is 393 g/mol. The number of carbonyl (C=O) groups is 1. The number of rotatable bonds is 7. The van der Waals surface area contributed by atoms with Gasteiger partial charge in [0.2, 0.25) is 0 Å². The van der Waals surface area contributed by atoms with Gasteiger partial charge in [-0.15, -0.1) is 0 Å². The number of halogens is 1. The molecule has 140 valence electrons. The van der Waals surface area contributed by atoms with E-state index >= 15 is 0 Å². The molecule has 1 amide bonds. The van der Waals surface area contributed by atoms with Gasteiger partial charge in [-0.2, -0.15) is 5.10 Å². The fourth-order valence-electron chi connectivity index (χ4n) is 1.99. The van der Waals surface area contributed by atoms with E-state index in [0.717, 1.165) is 0 Å². The first kappa shape index (κ1) is 19.8. The Balaban J connectivity index is 2.01. The third-order valence-electron chi connectivity index (χ3n) is 3.33. The molecule has 27 heavy (non-hydrogen) atoms. The molecule has 0 radical (unpaired) electrons. The molecule has 0 unspecified atom stereocenters. The molecule has 0 saturated heterocycles. The number of nitrogens with zero attached hydrogens (tertiary/aromatic N) is 3. The van der Waals surface area contributed by atoms with Crippen LogP contribution >= 0.6 is 11.6 Å². The predicted octanol–water partition coefficient (Wildman–Crippen LogP) is 3.08. The highest BCUT2D eigenvalue weighted by molar-refractivity contribution is 6.32. The first-order chi connectivity index (χ1) is 12.8. The largest absolute Gasteiger partial charge is 0.477 e. The molecule has 0 aliphatic carbocycles. The van der Waals surface area contributed by atoms with Crippen molar-refractivity contribution >= 4 is 34.6 Å². The number of benzene rings is 2. The molecule has 1 N–H and O–H groups in total. The summed E-state index contributed by atoms with van der Waals surface area (Å²) >= 11 is 5.74. The summed E-state index contributed by atoms with van der Waals surface area (Å²) in [4.78, 5) is 32.4. The van der Waals surface area contributed by atoms with Gasteiger partial charge in [0, 0.05) is 17.7 Å². The highest BCUT2D eigenvalue weighted by atomic mass is 35.5. The van der Waals surface area contributed by atoms with E-state index < -0.39 is 22.4 Å². The van der Waals surface area contributed by atoms with Gasteiger partial charge in [0.1, 0.15) is 5.02 Å². The van der Waals surface area contributed by atoms with Crippen molar-refractivity contribution in [3.05, 3.63) is 73.3 Å². The second-order valence-corrected chi connectivity index (χ2v) is 5.58. The summed E-state index contributed by atoms with van der Waals surface area (Å²) in [6.45, 7) is 1.04. The third-order valence-corrected chi connectivity index (χ3v) is 3.65. The molecule has 2 rings (SSSR count). The summed E-state index contributed by atoms with van der Waals surface area (Å²) in [6.07, 6.45) is 0. The molecule has 0 atom stereocenters. The Morgan fingerprint density at radius 2 is 1.81 bits per heavy atom. The van der Waals surface area contributed by atoms with Crippen molar-refractivity contribution in [3.63, 3.8) is 0 Å². The second kappa shape index (κ2) is 8.72. The van der Waals surface area contributed by atoms with Crippen molar-refractivity contribution in [3.8, 4) is 5.75 Å². The number of hydrazone groups is 1. The van der Waals surface area contributed by atoms with Crippen LogP contribution in [0.3, 0.4) is 0 Å². The maximum atomic E-state index is 11.8. The number of ether oxygens (including phenoxy) is 1. The van der Waals surface area contributed by atoms with Crippen molar-refractivity contribution in [2.75, 3.05) is 6.61 Å². The van der Waals surface area contributed by atoms with Crippen LogP contribution in [0.1, 0.15) is 12.5 Å². The van der Waals surface area contributed by atoms with Crippen LogP contribution in [-0.2, 0) is 4.79 Å². The van der Waals surface area contributed by atoms with Gasteiger partial charge in [-0.05, 0) is 19.1 Å². The fourth-order valence-corrected chi connectivity index (χ4v) is 2.18. The number of nitrogens with one attached hydrogen (secondary N) is 1. The van der Waals surface area contributed by atoms with Crippen molar-refractivity contribution in [2.24, 2.45) is 5.10 Å². The normalized spacial score (nSPS) is 11.0. The van der Waals surface area contributed by atoms with Gasteiger partial charge >= 0.3 is 5.69 Å². The van der Waals surface area contributed by atoms with E-state index in [2.05, 4.69) is 10.5 Å². The average Bonchev–Trinajstić information content (AvgIpc) is 2.64. The summed E-state index contributed by atoms with van der Waals surface area (Å²) in [5, 5.41) is 25.6. The maximum Gasteiger partial charge on any atom is 0.310 e. The number of carbonyl (C=O) groups excluding carboxylic acids is 1. The van der Waals surface area contributed by atoms with Crippen LogP contribution in [0.2, 0.25) is 5.02 Å². The minimum absolute atomic E-state index is 0.0153. The molecule has 11 heteroatoms. The Morgan fingerprint density at radius 3 is 2.48 bits per heavy atom. The molecule has 0 saturated carbocycles. The van der Waals surface area contributed by atoms with Crippen LogP contribution in [0.25, 0.3) is 0 Å². The lowest BCUT2D eigenvalue weighted by molar-refractivity contribution is -0.385. The maximum absolute atomic E-state index is 11.8. The highest BCUT2D eigenvalue weighted by Gasteiger charge is 2.16. The van der Waals surface area contributed by atoms with Crippen molar-refractivity contribution < 1.29 is 19.4 Å². The Hall–Kier alpha value is -3.53. The van der Waals surface area contributed by atoms with Gasteiger partial charge in [-0.25, -0.2) is 5.43 Å². The Kier molecular flexibility index (Phi) is 6.39. The standard InChI is InChI=1S/C16H13ClN4O6/c1-10(11-6-7-12(17)14(8-11)21(25)26)18-19-16(22)9-27-15-5-3-2-4-13(15)20(23)24/h2-8H,9H2,1H3,(H,19,22)/b18-10-. The summed E-state index contributed by atoms with van der Waals surface area (Å²) < 4.78 is 5.13. The zero-order chi connectivity index (χ0) is 20.0. The Labute approximate surface area is 157 Å². The summed E-state index contributed by atoms with van der Waals surface area (Å²) in [5.74, 6) is -0.706.